The van der Waals surface area contributed by atoms with E-state index in [1.165, 1.54) is 44.9 Å². The second-order valence-corrected chi connectivity index (χ2v) is 22.8. The summed E-state index contributed by atoms with van der Waals surface area (Å²) >= 11 is 0. The summed E-state index contributed by atoms with van der Waals surface area (Å²) in [4.78, 5) is 13.2. The first kappa shape index (κ1) is 57.3. The third-order valence-electron chi connectivity index (χ3n) is 12.7. The fourth-order valence-electron chi connectivity index (χ4n) is 8.47. The number of carbonyl (C=O) groups is 1. The Kier molecular flexibility index (Phi) is 23.5. The number of hydrogen-bond donors (Lipinski definition) is 3. The van der Waals surface area contributed by atoms with Gasteiger partial charge in [0.2, 0.25) is 0 Å². The number of unbranched alkanes of at least 4 members (excludes halogenated alkanes) is 8. The van der Waals surface area contributed by atoms with E-state index in [0.717, 1.165) is 12.8 Å². The second kappa shape index (κ2) is 24.6. The molecule has 4 atom stereocenters. The quantitative estimate of drug-likeness (QED) is 0.0537. The number of ketones is 1. The minimum Gasteiger partial charge on any atom is -0.390 e. The van der Waals surface area contributed by atoms with E-state index in [-0.39, 0.29) is 29.6 Å². The van der Waals surface area contributed by atoms with Crippen molar-refractivity contribution in [3.05, 3.63) is 0 Å². The van der Waals surface area contributed by atoms with Crippen molar-refractivity contribution in [2.24, 2.45) is 17.8 Å². The van der Waals surface area contributed by atoms with Crippen LogP contribution in [0, 0.1) is 17.8 Å². The summed E-state index contributed by atoms with van der Waals surface area (Å²) in [6.45, 7) is 35.7. The second-order valence-electron chi connectivity index (χ2n) is 22.8. The molecule has 1 aliphatic heterocycles. The van der Waals surface area contributed by atoms with Gasteiger partial charge in [0.05, 0.1) is 85.0 Å². The van der Waals surface area contributed by atoms with Crippen LogP contribution in [0.15, 0.2) is 0 Å². The number of rotatable bonds is 34. The lowest BCUT2D eigenvalue weighted by Gasteiger charge is -2.48. The van der Waals surface area contributed by atoms with Crippen molar-refractivity contribution in [3.63, 3.8) is 0 Å². The monoisotopic (exact) mass is 859 g/mol. The lowest BCUT2D eigenvalue weighted by Crippen LogP contribution is -2.55. The van der Waals surface area contributed by atoms with E-state index in [1.807, 2.05) is 13.8 Å². The average Bonchev–Trinajstić information content (AvgIpc) is 3.53. The lowest BCUT2D eigenvalue weighted by atomic mass is 9.65. The molecule has 10 heteroatoms. The number of Topliss-reactive ketones (excluding diaryl/α,β-unsaturated/α-hetero) is 1. The van der Waals surface area contributed by atoms with E-state index in [1.54, 1.807) is 41.5 Å². The summed E-state index contributed by atoms with van der Waals surface area (Å²) in [5, 5.41) is 31.6. The van der Waals surface area contributed by atoms with Gasteiger partial charge >= 0.3 is 0 Å². The van der Waals surface area contributed by atoms with Crippen LogP contribution in [0.4, 0.5) is 0 Å². The Labute approximate surface area is 369 Å². The van der Waals surface area contributed by atoms with Gasteiger partial charge in [0.25, 0.3) is 0 Å². The van der Waals surface area contributed by atoms with E-state index in [4.69, 9.17) is 28.4 Å². The highest BCUT2D eigenvalue weighted by Crippen LogP contribution is 2.50. The molecule has 1 heterocycles. The predicted molar refractivity (Wildman–Crippen MR) is 245 cm³/mol. The Morgan fingerprint density at radius 2 is 1.00 bits per heavy atom. The summed E-state index contributed by atoms with van der Waals surface area (Å²) in [7, 11) is 0. The van der Waals surface area contributed by atoms with Gasteiger partial charge in [0, 0.05) is 24.2 Å². The largest absolute Gasteiger partial charge is 0.390 e. The summed E-state index contributed by atoms with van der Waals surface area (Å²) in [5.41, 5.74) is -6.15. The van der Waals surface area contributed by atoms with Gasteiger partial charge in [0.1, 0.15) is 5.60 Å². The maximum Gasteiger partial charge on any atom is 0.164 e. The van der Waals surface area contributed by atoms with Crippen LogP contribution in [0.2, 0.25) is 0 Å². The van der Waals surface area contributed by atoms with Gasteiger partial charge < -0.3 is 43.7 Å². The van der Waals surface area contributed by atoms with Crippen LogP contribution in [0.3, 0.4) is 0 Å². The highest BCUT2D eigenvalue weighted by atomic mass is 16.6. The van der Waals surface area contributed by atoms with E-state index < -0.39 is 44.8 Å². The molecule has 0 aromatic carbocycles. The molecule has 0 saturated carbocycles. The van der Waals surface area contributed by atoms with Crippen LogP contribution >= 0.6 is 0 Å². The fourth-order valence-corrected chi connectivity index (χ4v) is 8.47. The molecular formula is C50H98O10. The van der Waals surface area contributed by atoms with E-state index in [0.29, 0.717) is 71.7 Å². The van der Waals surface area contributed by atoms with E-state index >= 15 is 0 Å². The molecule has 60 heavy (non-hydrogen) atoms. The molecule has 0 aromatic rings. The number of hydrogen-bond acceptors (Lipinski definition) is 10. The molecule has 1 fully saturated rings. The molecule has 0 amide bonds. The minimum absolute atomic E-state index is 0.0798. The van der Waals surface area contributed by atoms with E-state index in [2.05, 4.69) is 62.3 Å². The van der Waals surface area contributed by atoms with Gasteiger partial charge in [-0.15, -0.1) is 0 Å². The molecule has 0 aromatic heterocycles. The molecular weight excluding hydrogens is 761 g/mol. The Balaban J connectivity index is 3.27. The average molecular weight is 859 g/mol. The van der Waals surface area contributed by atoms with E-state index in [9.17, 15) is 20.1 Å². The molecule has 1 rings (SSSR count). The zero-order chi connectivity index (χ0) is 46.3. The van der Waals surface area contributed by atoms with Crippen molar-refractivity contribution < 1.29 is 48.5 Å². The maximum absolute atomic E-state index is 13.2. The highest BCUT2D eigenvalue weighted by Gasteiger charge is 2.57. The summed E-state index contributed by atoms with van der Waals surface area (Å²) in [6, 6.07) is 0. The number of carbonyl (C=O) groups excluding carboxylic acids is 1. The van der Waals surface area contributed by atoms with Crippen molar-refractivity contribution in [3.8, 4) is 0 Å². The molecule has 3 N–H and O–H groups in total. The molecule has 1 aliphatic rings. The molecule has 1 saturated heterocycles. The molecule has 4 unspecified atom stereocenters. The van der Waals surface area contributed by atoms with Crippen LogP contribution in [0.5, 0.6) is 0 Å². The number of ether oxygens (including phenoxy) is 6. The van der Waals surface area contributed by atoms with Gasteiger partial charge in [-0.3, -0.25) is 4.79 Å². The molecule has 10 nitrogen and oxygen atoms in total. The summed E-state index contributed by atoms with van der Waals surface area (Å²) in [5.74, 6) is -0.295. The van der Waals surface area contributed by atoms with Gasteiger partial charge in [-0.1, -0.05) is 58.3 Å². The fraction of sp³-hybridized carbons (Fsp3) is 0.980. The third-order valence-corrected chi connectivity index (χ3v) is 12.7. The Bertz CT molecular complexity index is 1190. The van der Waals surface area contributed by atoms with Crippen LogP contribution in [-0.2, 0) is 33.2 Å². The maximum atomic E-state index is 13.2. The smallest absolute Gasteiger partial charge is 0.164 e. The summed E-state index contributed by atoms with van der Waals surface area (Å²) in [6.07, 6.45) is 13.1. The van der Waals surface area contributed by atoms with Crippen molar-refractivity contribution >= 4 is 5.78 Å². The van der Waals surface area contributed by atoms with Crippen molar-refractivity contribution in [1.82, 2.24) is 0 Å². The van der Waals surface area contributed by atoms with Gasteiger partial charge in [-0.05, 0) is 143 Å². The standard InChI is InChI=1S/C50H98O10/c1-18-19-20-21-22-23-24-25-26-27-40(51)49(14,15)60-35-34-56-46(8,9)36-38(47(10,11)57-31-28-43(2,3)52)42-41(50(16,17)59-33-30-45(6,7)54)39(37-55-42)48(12,13)58-32-29-44(4,5)53/h38-39,41-42,52-54H,18-37H2,1-17H3. The molecule has 0 radical (unpaired) electrons. The molecule has 0 aliphatic carbocycles. The Hall–Kier alpha value is -0.690. The molecule has 358 valence electrons. The first-order valence-electron chi connectivity index (χ1n) is 23.8. The van der Waals surface area contributed by atoms with Crippen LogP contribution < -0.4 is 0 Å². The molecule has 0 bridgehead atoms. The Morgan fingerprint density at radius 1 is 0.567 bits per heavy atom. The first-order valence-corrected chi connectivity index (χ1v) is 23.8. The van der Waals surface area contributed by atoms with Gasteiger partial charge in [-0.2, -0.15) is 0 Å². The topological polar surface area (TPSA) is 133 Å². The van der Waals surface area contributed by atoms with Gasteiger partial charge in [-0.25, -0.2) is 0 Å². The zero-order valence-electron chi connectivity index (χ0n) is 42.2. The SMILES string of the molecule is CCCCCCCCCCCC(=O)C(C)(C)OCCOC(C)(C)CC(C1OCC(C(C)(C)OCCC(C)(C)O)C1C(C)(C)OCCC(C)(C)O)C(C)(C)OCCC(C)(C)O. The van der Waals surface area contributed by atoms with Crippen molar-refractivity contribution in [2.45, 2.75) is 259 Å². The minimum atomic E-state index is -0.884. The highest BCUT2D eigenvalue weighted by molar-refractivity contribution is 5.86. The van der Waals surface area contributed by atoms with Gasteiger partial charge in [0.15, 0.2) is 5.78 Å². The Morgan fingerprint density at radius 3 is 1.48 bits per heavy atom. The normalized spacial score (nSPS) is 19.6. The van der Waals surface area contributed by atoms with Crippen LogP contribution in [0.25, 0.3) is 0 Å². The number of aliphatic hydroxyl groups is 3. The van der Waals surface area contributed by atoms with Crippen molar-refractivity contribution in [2.75, 3.05) is 39.6 Å². The lowest BCUT2D eigenvalue weighted by molar-refractivity contribution is -0.175. The van der Waals surface area contributed by atoms with Crippen LogP contribution in [0.1, 0.15) is 208 Å². The predicted octanol–water partition coefficient (Wildman–Crippen LogP) is 10.6. The molecule has 0 spiro atoms. The first-order chi connectivity index (χ1) is 27.3. The summed E-state index contributed by atoms with van der Waals surface area (Å²) < 4.78 is 39.8. The zero-order valence-corrected chi connectivity index (χ0v) is 42.2. The van der Waals surface area contributed by atoms with Crippen LogP contribution in [-0.4, -0.2) is 112 Å². The van der Waals surface area contributed by atoms with Crippen molar-refractivity contribution in [1.29, 1.82) is 0 Å². The third kappa shape index (κ3) is 22.8.